The summed E-state index contributed by atoms with van der Waals surface area (Å²) < 4.78 is 30.1. The van der Waals surface area contributed by atoms with Crippen molar-refractivity contribution in [3.63, 3.8) is 0 Å². The van der Waals surface area contributed by atoms with Gasteiger partial charge in [0.25, 0.3) is 5.56 Å². The smallest absolute Gasteiger partial charge is 0.323 e. The number of amides is 1. The van der Waals surface area contributed by atoms with Gasteiger partial charge in [0.2, 0.25) is 15.9 Å². The molecule has 1 N–H and O–H groups in total. The minimum Gasteiger partial charge on any atom is -0.323 e. The number of carbonyl (C=O) groups excluding carboxylic acids is 1. The standard InChI is InChI=1S/C23H27N5O5S/c1-26(17-7-3-2-4-8-17)34(32,33)20-10-6-5-9-19(20)25-21(29)15-28-22(30)16(13-24)14-27(23(28)31)18-11-12-18/h5-6,9-10,14,17-18H,2-4,7-8,11-12,15H2,1H3,(H,25,29). The second-order valence-corrected chi connectivity index (χ2v) is 10.8. The minimum absolute atomic E-state index is 0.0510. The summed E-state index contributed by atoms with van der Waals surface area (Å²) in [5, 5.41) is 11.8. The number of sulfonamides is 1. The molecular formula is C23H27N5O5S. The van der Waals surface area contributed by atoms with Gasteiger partial charge in [0.15, 0.2) is 0 Å². The van der Waals surface area contributed by atoms with Crippen LogP contribution in [0.3, 0.4) is 0 Å². The van der Waals surface area contributed by atoms with Crippen LogP contribution in [0.5, 0.6) is 0 Å². The van der Waals surface area contributed by atoms with E-state index >= 15 is 0 Å². The predicted molar refractivity (Wildman–Crippen MR) is 125 cm³/mol. The minimum atomic E-state index is -3.88. The van der Waals surface area contributed by atoms with Gasteiger partial charge in [-0.2, -0.15) is 9.57 Å². The van der Waals surface area contributed by atoms with Crippen LogP contribution in [-0.4, -0.2) is 40.9 Å². The number of rotatable bonds is 7. The fourth-order valence-corrected chi connectivity index (χ4v) is 5.94. The van der Waals surface area contributed by atoms with Crippen molar-refractivity contribution in [1.29, 1.82) is 5.26 Å². The van der Waals surface area contributed by atoms with E-state index in [0.717, 1.165) is 49.5 Å². The maximum Gasteiger partial charge on any atom is 0.331 e. The first kappa shape index (κ1) is 23.9. The molecular weight excluding hydrogens is 458 g/mol. The number of nitriles is 1. The SMILES string of the molecule is CN(C1CCCCC1)S(=O)(=O)c1ccccc1NC(=O)Cn1c(=O)c(C#N)cn(C2CC2)c1=O. The van der Waals surface area contributed by atoms with Gasteiger partial charge in [-0.25, -0.2) is 17.8 Å². The van der Waals surface area contributed by atoms with E-state index < -0.39 is 33.7 Å². The van der Waals surface area contributed by atoms with E-state index in [1.165, 1.54) is 27.2 Å². The number of benzene rings is 1. The lowest BCUT2D eigenvalue weighted by molar-refractivity contribution is -0.116. The van der Waals surface area contributed by atoms with Gasteiger partial charge in [-0.3, -0.25) is 14.2 Å². The zero-order valence-corrected chi connectivity index (χ0v) is 19.8. The molecule has 4 rings (SSSR count). The van der Waals surface area contributed by atoms with Crippen molar-refractivity contribution in [1.82, 2.24) is 13.4 Å². The number of nitrogens with one attached hydrogen (secondary N) is 1. The number of hydrogen-bond acceptors (Lipinski definition) is 6. The van der Waals surface area contributed by atoms with E-state index in [0.29, 0.717) is 0 Å². The Labute approximate surface area is 197 Å². The average molecular weight is 486 g/mol. The lowest BCUT2D eigenvalue weighted by Gasteiger charge is -2.30. The molecule has 0 radical (unpaired) electrons. The fraction of sp³-hybridized carbons (Fsp3) is 0.478. The van der Waals surface area contributed by atoms with Crippen molar-refractivity contribution in [2.75, 3.05) is 12.4 Å². The van der Waals surface area contributed by atoms with Crippen LogP contribution in [0.15, 0.2) is 44.9 Å². The molecule has 2 aliphatic rings. The highest BCUT2D eigenvalue weighted by molar-refractivity contribution is 7.89. The Kier molecular flexibility index (Phi) is 6.72. The molecule has 0 aliphatic heterocycles. The topological polar surface area (TPSA) is 134 Å². The van der Waals surface area contributed by atoms with E-state index in [1.807, 2.05) is 0 Å². The molecule has 0 saturated heterocycles. The Hall–Kier alpha value is -3.23. The van der Waals surface area contributed by atoms with E-state index in [4.69, 9.17) is 0 Å². The summed E-state index contributed by atoms with van der Waals surface area (Å²) in [7, 11) is -2.33. The largest absolute Gasteiger partial charge is 0.331 e. The van der Waals surface area contributed by atoms with Gasteiger partial charge in [0.05, 0.1) is 5.69 Å². The quantitative estimate of drug-likeness (QED) is 0.636. The van der Waals surface area contributed by atoms with Gasteiger partial charge >= 0.3 is 5.69 Å². The first-order valence-electron chi connectivity index (χ1n) is 11.4. The molecule has 0 bridgehead atoms. The van der Waals surface area contributed by atoms with E-state index in [1.54, 1.807) is 25.2 Å². The van der Waals surface area contributed by atoms with Crippen molar-refractivity contribution < 1.29 is 13.2 Å². The van der Waals surface area contributed by atoms with Crippen LogP contribution in [-0.2, 0) is 21.4 Å². The van der Waals surface area contributed by atoms with Gasteiger partial charge in [-0.05, 0) is 37.8 Å². The summed E-state index contributed by atoms with van der Waals surface area (Å²) in [4.78, 5) is 38.1. The fourth-order valence-electron chi connectivity index (χ4n) is 4.38. The molecule has 1 aromatic carbocycles. The average Bonchev–Trinajstić information content (AvgIpc) is 3.67. The van der Waals surface area contributed by atoms with Crippen molar-refractivity contribution in [2.24, 2.45) is 0 Å². The van der Waals surface area contributed by atoms with Gasteiger partial charge in [0.1, 0.15) is 23.1 Å². The summed E-state index contributed by atoms with van der Waals surface area (Å²) in [6.07, 6.45) is 7.36. The first-order valence-corrected chi connectivity index (χ1v) is 12.8. The molecule has 2 fully saturated rings. The monoisotopic (exact) mass is 485 g/mol. The number of anilines is 1. The van der Waals surface area contributed by atoms with Crippen molar-refractivity contribution in [3.8, 4) is 6.07 Å². The van der Waals surface area contributed by atoms with Crippen LogP contribution < -0.4 is 16.6 Å². The van der Waals surface area contributed by atoms with E-state index in [-0.39, 0.29) is 28.2 Å². The Balaban J connectivity index is 1.60. The van der Waals surface area contributed by atoms with Crippen molar-refractivity contribution in [2.45, 2.75) is 68.5 Å². The summed E-state index contributed by atoms with van der Waals surface area (Å²) in [6.45, 7) is -0.632. The lowest BCUT2D eigenvalue weighted by atomic mass is 9.96. The van der Waals surface area contributed by atoms with E-state index in [2.05, 4.69) is 5.32 Å². The van der Waals surface area contributed by atoms with E-state index in [9.17, 15) is 28.1 Å². The third-order valence-electron chi connectivity index (χ3n) is 6.47. The highest BCUT2D eigenvalue weighted by Crippen LogP contribution is 2.33. The van der Waals surface area contributed by atoms with Crippen LogP contribution in [0.25, 0.3) is 0 Å². The number of aromatic nitrogens is 2. The first-order chi connectivity index (χ1) is 16.2. The van der Waals surface area contributed by atoms with Crippen LogP contribution in [0, 0.1) is 11.3 Å². The molecule has 2 saturated carbocycles. The number of carbonyl (C=O) groups is 1. The molecule has 1 heterocycles. The van der Waals surface area contributed by atoms with Gasteiger partial charge in [-0.15, -0.1) is 0 Å². The van der Waals surface area contributed by atoms with Crippen molar-refractivity contribution >= 4 is 21.6 Å². The third kappa shape index (κ3) is 4.69. The molecule has 34 heavy (non-hydrogen) atoms. The predicted octanol–water partition coefficient (Wildman–Crippen LogP) is 1.81. The summed E-state index contributed by atoms with van der Waals surface area (Å²) in [6, 6.07) is 7.65. The normalized spacial score (nSPS) is 16.9. The maximum atomic E-state index is 13.3. The Morgan fingerprint density at radius 2 is 1.82 bits per heavy atom. The molecule has 2 aromatic rings. The lowest BCUT2D eigenvalue weighted by Crippen LogP contribution is -2.43. The maximum absolute atomic E-state index is 13.3. The molecule has 2 aliphatic carbocycles. The number of para-hydroxylation sites is 1. The molecule has 180 valence electrons. The molecule has 10 nitrogen and oxygen atoms in total. The molecule has 1 amide bonds. The number of nitrogens with zero attached hydrogens (tertiary/aromatic N) is 4. The Morgan fingerprint density at radius 1 is 1.15 bits per heavy atom. The van der Waals surface area contributed by atoms with Gasteiger partial charge in [-0.1, -0.05) is 31.4 Å². The summed E-state index contributed by atoms with van der Waals surface area (Å²) in [5.74, 6) is -0.736. The highest BCUT2D eigenvalue weighted by Gasteiger charge is 2.31. The molecule has 0 atom stereocenters. The van der Waals surface area contributed by atoms with Crippen LogP contribution in [0.4, 0.5) is 5.69 Å². The molecule has 1 aromatic heterocycles. The van der Waals surface area contributed by atoms with Gasteiger partial charge < -0.3 is 5.32 Å². The highest BCUT2D eigenvalue weighted by atomic mass is 32.2. The second kappa shape index (κ2) is 9.56. The Bertz CT molecular complexity index is 1360. The van der Waals surface area contributed by atoms with Crippen LogP contribution in [0.2, 0.25) is 0 Å². The molecule has 0 spiro atoms. The zero-order valence-electron chi connectivity index (χ0n) is 18.9. The third-order valence-corrected chi connectivity index (χ3v) is 8.43. The second-order valence-electron chi connectivity index (χ2n) is 8.82. The Morgan fingerprint density at radius 3 is 2.47 bits per heavy atom. The van der Waals surface area contributed by atoms with Gasteiger partial charge in [0, 0.05) is 25.3 Å². The summed E-state index contributed by atoms with van der Waals surface area (Å²) in [5.41, 5.74) is -1.67. The zero-order chi connectivity index (χ0) is 24.5. The molecule has 11 heteroatoms. The molecule has 0 unspecified atom stereocenters. The van der Waals surface area contributed by atoms with Crippen LogP contribution >= 0.6 is 0 Å². The van der Waals surface area contributed by atoms with Crippen LogP contribution in [0.1, 0.15) is 56.6 Å². The summed E-state index contributed by atoms with van der Waals surface area (Å²) >= 11 is 0. The number of hydrogen-bond donors (Lipinski definition) is 1. The van der Waals surface area contributed by atoms with Crippen molar-refractivity contribution in [3.05, 3.63) is 56.9 Å².